The highest BCUT2D eigenvalue weighted by molar-refractivity contribution is 6.05. The zero-order valence-electron chi connectivity index (χ0n) is 15.3. The van der Waals surface area contributed by atoms with E-state index in [1.54, 1.807) is 0 Å². The topological polar surface area (TPSA) is 132 Å². The summed E-state index contributed by atoms with van der Waals surface area (Å²) < 4.78 is 45.3. The van der Waals surface area contributed by atoms with Crippen LogP contribution < -0.4 is 15.8 Å². The largest absolute Gasteiger partial charge is 0.504 e. The van der Waals surface area contributed by atoms with Crippen molar-refractivity contribution in [2.45, 2.75) is 6.18 Å². The first kappa shape index (κ1) is 20.6. The molecular weight excluding hydrogens is 407 g/mol. The van der Waals surface area contributed by atoms with Crippen molar-refractivity contribution < 1.29 is 32.6 Å². The third kappa shape index (κ3) is 4.01. The van der Waals surface area contributed by atoms with Gasteiger partial charge in [0.2, 0.25) is 5.88 Å². The zero-order chi connectivity index (χ0) is 22.1. The van der Waals surface area contributed by atoms with Crippen molar-refractivity contribution in [1.29, 1.82) is 0 Å². The van der Waals surface area contributed by atoms with E-state index in [9.17, 15) is 27.9 Å². The van der Waals surface area contributed by atoms with Crippen LogP contribution in [0.5, 0.6) is 11.6 Å². The number of methoxy groups -OCH3 is 1. The maximum Gasteiger partial charge on any atom is 0.418 e. The maximum atomic E-state index is 13.2. The van der Waals surface area contributed by atoms with Gasteiger partial charge in [0.25, 0.3) is 11.8 Å². The van der Waals surface area contributed by atoms with Crippen LogP contribution in [0.3, 0.4) is 0 Å². The van der Waals surface area contributed by atoms with Gasteiger partial charge in [-0.2, -0.15) is 18.3 Å². The molecule has 0 aliphatic rings. The molecule has 1 aromatic carbocycles. The highest BCUT2D eigenvalue weighted by Crippen LogP contribution is 2.34. The third-order valence-corrected chi connectivity index (χ3v) is 3.93. The number of nitrogens with zero attached hydrogens (tertiary/aromatic N) is 3. The molecule has 2 amide bonds. The van der Waals surface area contributed by atoms with Crippen LogP contribution in [0.15, 0.2) is 42.7 Å². The predicted molar refractivity (Wildman–Crippen MR) is 97.5 cm³/mol. The fourth-order valence-corrected chi connectivity index (χ4v) is 2.61. The number of hydrogen-bond donors (Lipinski definition) is 3. The number of alkyl halides is 3. The van der Waals surface area contributed by atoms with Gasteiger partial charge >= 0.3 is 6.18 Å². The van der Waals surface area contributed by atoms with E-state index in [2.05, 4.69) is 15.4 Å². The number of aromatic nitrogens is 3. The number of nitrogens with two attached hydrogens (primary N) is 1. The van der Waals surface area contributed by atoms with Crippen molar-refractivity contribution in [3.05, 3.63) is 59.5 Å². The maximum absolute atomic E-state index is 13.2. The molecule has 4 N–H and O–H groups in total. The van der Waals surface area contributed by atoms with Gasteiger partial charge in [0.1, 0.15) is 5.56 Å². The van der Waals surface area contributed by atoms with Gasteiger partial charge in [-0.3, -0.25) is 9.59 Å². The van der Waals surface area contributed by atoms with Crippen molar-refractivity contribution in [2.24, 2.45) is 5.73 Å². The minimum atomic E-state index is -4.67. The number of anilines is 1. The predicted octanol–water partition coefficient (Wildman–Crippen LogP) is 2.35. The van der Waals surface area contributed by atoms with Crippen molar-refractivity contribution in [3.8, 4) is 17.3 Å². The van der Waals surface area contributed by atoms with Crippen molar-refractivity contribution in [3.63, 3.8) is 0 Å². The lowest BCUT2D eigenvalue weighted by atomic mass is 10.2. The summed E-state index contributed by atoms with van der Waals surface area (Å²) in [6.07, 6.45) is -2.63. The highest BCUT2D eigenvalue weighted by Gasteiger charge is 2.34. The number of benzene rings is 1. The van der Waals surface area contributed by atoms with Crippen LogP contribution in [-0.2, 0) is 6.18 Å². The van der Waals surface area contributed by atoms with Gasteiger partial charge in [-0.05, 0) is 18.2 Å². The average Bonchev–Trinajstić information content (AvgIpc) is 3.09. The van der Waals surface area contributed by atoms with Gasteiger partial charge in [0.05, 0.1) is 36.4 Å². The lowest BCUT2D eigenvalue weighted by Crippen LogP contribution is -2.17. The van der Waals surface area contributed by atoms with Crippen molar-refractivity contribution in [2.75, 3.05) is 12.4 Å². The van der Waals surface area contributed by atoms with E-state index in [0.29, 0.717) is 0 Å². The Labute approximate surface area is 166 Å². The summed E-state index contributed by atoms with van der Waals surface area (Å²) in [4.78, 5) is 27.7. The third-order valence-electron chi connectivity index (χ3n) is 3.93. The first-order chi connectivity index (χ1) is 14.1. The second-order valence-electron chi connectivity index (χ2n) is 5.92. The molecule has 0 fully saturated rings. The molecule has 0 saturated heterocycles. The summed E-state index contributed by atoms with van der Waals surface area (Å²) in [5, 5.41) is 16.1. The standard InChI is InChI=1S/C18H14F3N5O4/c1-30-17-10(15(22)28)6-9(7-23-17)24-16(29)14-13(27)8-26(25-14)12-5-3-2-4-11(12)18(19,20)21/h2-8,27H,1H3,(H2,22,28)(H,24,29). The highest BCUT2D eigenvalue weighted by atomic mass is 19.4. The summed E-state index contributed by atoms with van der Waals surface area (Å²) in [5.74, 6) is -2.51. The molecule has 156 valence electrons. The van der Waals surface area contributed by atoms with Crippen LogP contribution in [0.25, 0.3) is 5.69 Å². The van der Waals surface area contributed by atoms with Crippen LogP contribution in [0.4, 0.5) is 18.9 Å². The van der Waals surface area contributed by atoms with Gasteiger partial charge in [-0.1, -0.05) is 12.1 Å². The smallest absolute Gasteiger partial charge is 0.418 e. The molecule has 0 bridgehead atoms. The fourth-order valence-electron chi connectivity index (χ4n) is 2.61. The average molecular weight is 421 g/mol. The Morgan fingerprint density at radius 1 is 1.27 bits per heavy atom. The zero-order valence-corrected chi connectivity index (χ0v) is 15.3. The Morgan fingerprint density at radius 3 is 2.60 bits per heavy atom. The first-order valence-corrected chi connectivity index (χ1v) is 8.22. The Morgan fingerprint density at radius 2 is 1.97 bits per heavy atom. The molecule has 2 heterocycles. The number of rotatable bonds is 5. The number of para-hydroxylation sites is 1. The Kier molecular flexibility index (Phi) is 5.32. The molecule has 12 heteroatoms. The lowest BCUT2D eigenvalue weighted by Gasteiger charge is -2.12. The van der Waals surface area contributed by atoms with E-state index in [4.69, 9.17) is 10.5 Å². The summed E-state index contributed by atoms with van der Waals surface area (Å²) in [6.45, 7) is 0. The molecule has 0 radical (unpaired) electrons. The molecule has 0 atom stereocenters. The van der Waals surface area contributed by atoms with Gasteiger partial charge < -0.3 is 20.9 Å². The van der Waals surface area contributed by atoms with Gasteiger partial charge in [-0.15, -0.1) is 0 Å². The minimum absolute atomic E-state index is 0.0271. The van der Waals surface area contributed by atoms with E-state index in [-0.39, 0.29) is 22.8 Å². The Balaban J connectivity index is 1.93. The van der Waals surface area contributed by atoms with Gasteiger partial charge in [-0.25, -0.2) is 9.67 Å². The van der Waals surface area contributed by atoms with Gasteiger partial charge in [0.15, 0.2) is 11.4 Å². The van der Waals surface area contributed by atoms with E-state index in [1.165, 1.54) is 25.3 Å². The summed E-state index contributed by atoms with van der Waals surface area (Å²) in [5.41, 5.74) is 3.24. The number of halogens is 3. The molecular formula is C18H14F3N5O4. The van der Waals surface area contributed by atoms with Crippen molar-refractivity contribution >= 4 is 17.5 Å². The van der Waals surface area contributed by atoms with E-state index < -0.39 is 35.0 Å². The number of carbonyl (C=O) groups excluding carboxylic acids is 2. The van der Waals surface area contributed by atoms with Crippen LogP contribution in [-0.4, -0.2) is 38.8 Å². The number of nitrogens with one attached hydrogen (secondary N) is 1. The summed E-state index contributed by atoms with van der Waals surface area (Å²) in [7, 11) is 1.27. The second kappa shape index (κ2) is 7.73. The van der Waals surface area contributed by atoms with Gasteiger partial charge in [0, 0.05) is 0 Å². The molecule has 3 aromatic rings. The molecule has 30 heavy (non-hydrogen) atoms. The number of amides is 2. The first-order valence-electron chi connectivity index (χ1n) is 8.22. The molecule has 9 nitrogen and oxygen atoms in total. The van der Waals surface area contributed by atoms with E-state index in [1.807, 2.05) is 0 Å². The van der Waals surface area contributed by atoms with Crippen LogP contribution in [0.2, 0.25) is 0 Å². The molecule has 0 aliphatic heterocycles. The second-order valence-corrected chi connectivity index (χ2v) is 5.92. The molecule has 3 rings (SSSR count). The number of carbonyl (C=O) groups is 2. The minimum Gasteiger partial charge on any atom is -0.504 e. The van der Waals surface area contributed by atoms with Crippen LogP contribution in [0, 0.1) is 0 Å². The molecule has 0 unspecified atom stereocenters. The Bertz CT molecular complexity index is 1130. The summed E-state index contributed by atoms with van der Waals surface area (Å²) in [6, 6.07) is 5.75. The molecule has 0 saturated carbocycles. The van der Waals surface area contributed by atoms with Crippen LogP contribution in [0.1, 0.15) is 26.4 Å². The monoisotopic (exact) mass is 421 g/mol. The van der Waals surface area contributed by atoms with Crippen molar-refractivity contribution in [1.82, 2.24) is 14.8 Å². The molecule has 0 aliphatic carbocycles. The SMILES string of the molecule is COc1ncc(NC(=O)c2nn(-c3ccccc3C(F)(F)F)cc2O)cc1C(N)=O. The number of ether oxygens (including phenoxy) is 1. The number of aromatic hydroxyl groups is 1. The lowest BCUT2D eigenvalue weighted by molar-refractivity contribution is -0.137. The van der Waals surface area contributed by atoms with E-state index >= 15 is 0 Å². The number of pyridine rings is 1. The normalized spacial score (nSPS) is 11.2. The molecule has 0 spiro atoms. The summed E-state index contributed by atoms with van der Waals surface area (Å²) >= 11 is 0. The van der Waals surface area contributed by atoms with Crippen LogP contribution >= 0.6 is 0 Å². The fraction of sp³-hybridized carbons (Fsp3) is 0.111. The molecule has 2 aromatic heterocycles. The number of hydrogen-bond acceptors (Lipinski definition) is 6. The Hall–Kier alpha value is -4.09. The quantitative estimate of drug-likeness (QED) is 0.579. The van der Waals surface area contributed by atoms with E-state index in [0.717, 1.165) is 29.2 Å². The number of primary amides is 1.